The van der Waals surface area contributed by atoms with Gasteiger partial charge in [0.1, 0.15) is 10.8 Å². The predicted molar refractivity (Wildman–Crippen MR) is 150 cm³/mol. The molecule has 1 aliphatic carbocycles. The van der Waals surface area contributed by atoms with Crippen LogP contribution in [-0.2, 0) is 12.8 Å². The fourth-order valence-corrected chi connectivity index (χ4v) is 6.36. The molecule has 0 aliphatic heterocycles. The molecule has 0 radical (unpaired) electrons. The van der Waals surface area contributed by atoms with E-state index in [0.717, 1.165) is 70.0 Å². The Morgan fingerprint density at radius 3 is 2.53 bits per heavy atom. The molecular weight excluding hydrogens is 499 g/mol. The second kappa shape index (κ2) is 10.8. The van der Waals surface area contributed by atoms with Crippen LogP contribution in [0.3, 0.4) is 0 Å². The Morgan fingerprint density at radius 2 is 1.76 bits per heavy atom. The van der Waals surface area contributed by atoms with Crippen molar-refractivity contribution in [3.05, 3.63) is 104 Å². The molecule has 5 rings (SSSR count). The number of anilines is 1. The number of rotatable bonds is 6. The lowest BCUT2D eigenvalue weighted by Gasteiger charge is -2.14. The topological polar surface area (TPSA) is 75.5 Å². The first-order valence-electron chi connectivity index (χ1n) is 12.6. The van der Waals surface area contributed by atoms with E-state index in [1.54, 1.807) is 17.6 Å². The number of nitrogens with zero attached hydrogens (tertiary/aromatic N) is 2. The van der Waals surface area contributed by atoms with Crippen LogP contribution in [0.4, 0.5) is 10.1 Å². The second-order valence-corrected chi connectivity index (χ2v) is 10.7. The summed E-state index contributed by atoms with van der Waals surface area (Å²) in [5.41, 5.74) is 9.13. The lowest BCUT2D eigenvalue weighted by Crippen LogP contribution is -2.18. The van der Waals surface area contributed by atoms with Crippen LogP contribution in [0.15, 0.2) is 59.7 Å². The van der Waals surface area contributed by atoms with Crippen molar-refractivity contribution in [2.45, 2.75) is 46.5 Å². The molecule has 2 aromatic heterocycles. The maximum Gasteiger partial charge on any atom is 0.271 e. The van der Waals surface area contributed by atoms with Crippen LogP contribution >= 0.6 is 11.3 Å². The first-order valence-corrected chi connectivity index (χ1v) is 13.4. The highest BCUT2D eigenvalue weighted by Crippen LogP contribution is 2.39. The number of aryl methyl sites for hydroxylation is 3. The number of hydrogen-bond donors (Lipinski definition) is 2. The molecule has 1 aliphatic rings. The van der Waals surface area contributed by atoms with E-state index in [2.05, 4.69) is 20.4 Å². The number of aromatic nitrogens is 1. The normalized spacial score (nSPS) is 12.9. The molecule has 194 valence electrons. The summed E-state index contributed by atoms with van der Waals surface area (Å²) in [6.45, 7) is 5.99. The molecule has 0 saturated carbocycles. The maximum absolute atomic E-state index is 13.6. The number of amides is 2. The Balaban J connectivity index is 1.45. The van der Waals surface area contributed by atoms with Crippen molar-refractivity contribution in [3.63, 3.8) is 0 Å². The standard InChI is InChI=1S/C30H29FN4O2S/c1-18-11-13-24(14-12-18)33-29(37)27-25-9-4-5-10-26(25)38-30(27)35-19(2)15-22(20(35)3)17-32-34-28(36)21-7-6-8-23(31)16-21/h6-8,11-17H,4-5,9-10H2,1-3H3,(H,33,37)(H,34,36)/b32-17-. The Kier molecular flexibility index (Phi) is 7.24. The van der Waals surface area contributed by atoms with Gasteiger partial charge >= 0.3 is 0 Å². The largest absolute Gasteiger partial charge is 0.322 e. The Hall–Kier alpha value is -4.04. The van der Waals surface area contributed by atoms with Crippen LogP contribution in [0.25, 0.3) is 5.00 Å². The third-order valence-electron chi connectivity index (χ3n) is 6.82. The summed E-state index contributed by atoms with van der Waals surface area (Å²) in [6, 6.07) is 15.3. The molecule has 0 bridgehead atoms. The van der Waals surface area contributed by atoms with Gasteiger partial charge < -0.3 is 9.88 Å². The van der Waals surface area contributed by atoms with E-state index < -0.39 is 11.7 Å². The molecule has 2 aromatic carbocycles. The van der Waals surface area contributed by atoms with E-state index in [-0.39, 0.29) is 11.5 Å². The zero-order chi connectivity index (χ0) is 26.8. The van der Waals surface area contributed by atoms with E-state index in [0.29, 0.717) is 0 Å². The van der Waals surface area contributed by atoms with Gasteiger partial charge in [-0.2, -0.15) is 5.10 Å². The van der Waals surface area contributed by atoms with Gasteiger partial charge in [0.25, 0.3) is 11.8 Å². The van der Waals surface area contributed by atoms with Crippen molar-refractivity contribution >= 4 is 35.1 Å². The van der Waals surface area contributed by atoms with Gasteiger partial charge in [0.05, 0.1) is 11.8 Å². The highest BCUT2D eigenvalue weighted by molar-refractivity contribution is 7.15. The minimum atomic E-state index is -0.490. The van der Waals surface area contributed by atoms with Gasteiger partial charge in [0, 0.05) is 33.1 Å². The zero-order valence-electron chi connectivity index (χ0n) is 21.6. The molecule has 6 nitrogen and oxygen atoms in total. The molecule has 2 amide bonds. The average molecular weight is 529 g/mol. The highest BCUT2D eigenvalue weighted by atomic mass is 32.1. The lowest BCUT2D eigenvalue weighted by molar-refractivity contribution is 0.0953. The number of nitrogens with one attached hydrogen (secondary N) is 2. The van der Waals surface area contributed by atoms with Gasteiger partial charge in [-0.3, -0.25) is 9.59 Å². The van der Waals surface area contributed by atoms with Crippen LogP contribution in [0.5, 0.6) is 0 Å². The predicted octanol–water partition coefficient (Wildman–Crippen LogP) is 6.50. The number of hydrogen-bond acceptors (Lipinski definition) is 4. The van der Waals surface area contributed by atoms with Crippen molar-refractivity contribution in [3.8, 4) is 5.00 Å². The van der Waals surface area contributed by atoms with Crippen LogP contribution in [0.2, 0.25) is 0 Å². The molecule has 8 heteroatoms. The third kappa shape index (κ3) is 5.17. The third-order valence-corrected chi connectivity index (χ3v) is 8.10. The summed E-state index contributed by atoms with van der Waals surface area (Å²) in [7, 11) is 0. The first kappa shape index (κ1) is 25.6. The molecule has 0 spiro atoms. The fourth-order valence-electron chi connectivity index (χ4n) is 4.86. The molecule has 38 heavy (non-hydrogen) atoms. The molecular formula is C30H29FN4O2S. The summed E-state index contributed by atoms with van der Waals surface area (Å²) in [6.07, 6.45) is 5.64. The average Bonchev–Trinajstić information content (AvgIpc) is 3.41. The molecule has 2 N–H and O–H groups in total. The molecule has 0 fully saturated rings. The molecule has 0 unspecified atom stereocenters. The summed E-state index contributed by atoms with van der Waals surface area (Å²) in [5.74, 6) is -1.07. The van der Waals surface area contributed by atoms with Crippen molar-refractivity contribution in [1.82, 2.24) is 9.99 Å². The molecule has 2 heterocycles. The van der Waals surface area contributed by atoms with E-state index in [1.165, 1.54) is 29.1 Å². The molecule has 0 atom stereocenters. The molecule has 4 aromatic rings. The van der Waals surface area contributed by atoms with E-state index in [9.17, 15) is 14.0 Å². The Bertz CT molecular complexity index is 1550. The summed E-state index contributed by atoms with van der Waals surface area (Å²) in [4.78, 5) is 27.2. The monoisotopic (exact) mass is 528 g/mol. The van der Waals surface area contributed by atoms with E-state index >= 15 is 0 Å². The van der Waals surface area contributed by atoms with Crippen molar-refractivity contribution in [1.29, 1.82) is 0 Å². The number of halogens is 1. The first-order chi connectivity index (χ1) is 18.3. The summed E-state index contributed by atoms with van der Waals surface area (Å²) in [5, 5.41) is 8.11. The summed E-state index contributed by atoms with van der Waals surface area (Å²) < 4.78 is 15.5. The van der Waals surface area contributed by atoms with Gasteiger partial charge in [0.2, 0.25) is 0 Å². The number of benzene rings is 2. The smallest absolute Gasteiger partial charge is 0.271 e. The minimum Gasteiger partial charge on any atom is -0.322 e. The highest BCUT2D eigenvalue weighted by Gasteiger charge is 2.28. The SMILES string of the molecule is Cc1ccc(NC(=O)c2c(-n3c(C)cc(/C=N\NC(=O)c4cccc(F)c4)c3C)sc3c2CCCC3)cc1. The second-order valence-electron chi connectivity index (χ2n) is 9.58. The fraction of sp³-hybridized carbons (Fsp3) is 0.233. The lowest BCUT2D eigenvalue weighted by atomic mass is 9.95. The minimum absolute atomic E-state index is 0.103. The van der Waals surface area contributed by atoms with Gasteiger partial charge in [-0.15, -0.1) is 11.3 Å². The number of hydrazone groups is 1. The van der Waals surface area contributed by atoms with Gasteiger partial charge in [-0.1, -0.05) is 23.8 Å². The maximum atomic E-state index is 13.6. The van der Waals surface area contributed by atoms with Gasteiger partial charge in [-0.05, 0) is 88.4 Å². The van der Waals surface area contributed by atoms with Crippen molar-refractivity contribution in [2.24, 2.45) is 5.10 Å². The molecule has 0 saturated heterocycles. The Labute approximate surface area is 225 Å². The quantitative estimate of drug-likeness (QED) is 0.221. The number of carbonyl (C=O) groups is 2. The van der Waals surface area contributed by atoms with Crippen LogP contribution < -0.4 is 10.7 Å². The number of thiophene rings is 1. The number of carbonyl (C=O) groups excluding carboxylic acids is 2. The van der Waals surface area contributed by atoms with Crippen molar-refractivity contribution < 1.29 is 14.0 Å². The van der Waals surface area contributed by atoms with Crippen LogP contribution in [0, 0.1) is 26.6 Å². The van der Waals surface area contributed by atoms with Crippen LogP contribution in [0.1, 0.15) is 66.5 Å². The van der Waals surface area contributed by atoms with Gasteiger partial charge in [0.15, 0.2) is 0 Å². The Morgan fingerprint density at radius 1 is 1.00 bits per heavy atom. The van der Waals surface area contributed by atoms with Crippen LogP contribution in [-0.4, -0.2) is 22.6 Å². The van der Waals surface area contributed by atoms with E-state index in [1.807, 2.05) is 51.1 Å². The summed E-state index contributed by atoms with van der Waals surface area (Å²) >= 11 is 1.68. The van der Waals surface area contributed by atoms with Crippen molar-refractivity contribution in [2.75, 3.05) is 5.32 Å². The number of fused-ring (bicyclic) bond motifs is 1. The zero-order valence-corrected chi connectivity index (χ0v) is 22.4. The van der Waals surface area contributed by atoms with E-state index in [4.69, 9.17) is 0 Å². The van der Waals surface area contributed by atoms with Gasteiger partial charge in [-0.25, -0.2) is 9.82 Å².